The maximum atomic E-state index is 12.4. The molecule has 0 fully saturated rings. The van der Waals surface area contributed by atoms with Crippen LogP contribution in [-0.4, -0.2) is 30.7 Å². The summed E-state index contributed by atoms with van der Waals surface area (Å²) in [5.74, 6) is 0. The largest absolute Gasteiger partial charge is 0.381 e. The lowest BCUT2D eigenvalue weighted by Gasteiger charge is -2.18. The summed E-state index contributed by atoms with van der Waals surface area (Å²) in [7, 11) is -3.45. The van der Waals surface area contributed by atoms with E-state index < -0.39 is 14.9 Å². The highest BCUT2D eigenvalue weighted by Crippen LogP contribution is 2.18. The lowest BCUT2D eigenvalue weighted by atomic mass is 10.2. The van der Waals surface area contributed by atoms with Crippen LogP contribution in [0.4, 0.5) is 11.4 Å². The Hall–Kier alpha value is -2.45. The van der Waals surface area contributed by atoms with Gasteiger partial charge in [0.05, 0.1) is 9.82 Å². The highest BCUT2D eigenvalue weighted by atomic mass is 32.2. The van der Waals surface area contributed by atoms with Crippen LogP contribution < -0.4 is 5.32 Å². The van der Waals surface area contributed by atoms with Crippen molar-refractivity contribution < 1.29 is 13.3 Å². The molecule has 2 rings (SSSR count). The maximum Gasteiger partial charge on any atom is 0.269 e. The number of nitrogens with zero attached hydrogens (tertiary/aromatic N) is 2. The number of nitro groups is 1. The molecule has 7 nitrogen and oxygen atoms in total. The van der Waals surface area contributed by atoms with Gasteiger partial charge in [0.15, 0.2) is 0 Å². The molecule has 0 aromatic heterocycles. The summed E-state index contributed by atoms with van der Waals surface area (Å²) in [4.78, 5) is 10.5. The molecule has 1 N–H and O–H groups in total. The van der Waals surface area contributed by atoms with Gasteiger partial charge >= 0.3 is 0 Å². The molecule has 134 valence electrons. The Labute approximate surface area is 147 Å². The number of non-ortho nitro benzene ring substituents is 1. The third-order valence-corrected chi connectivity index (χ3v) is 5.91. The van der Waals surface area contributed by atoms with Crippen LogP contribution in [0.2, 0.25) is 0 Å². The van der Waals surface area contributed by atoms with Crippen LogP contribution in [-0.2, 0) is 16.6 Å². The lowest BCUT2D eigenvalue weighted by molar-refractivity contribution is -0.384. The van der Waals surface area contributed by atoms with E-state index in [4.69, 9.17) is 0 Å². The molecule has 0 aliphatic rings. The fraction of sp³-hybridized carbons (Fsp3) is 0.294. The summed E-state index contributed by atoms with van der Waals surface area (Å²) in [6.07, 6.45) is 0. The Morgan fingerprint density at radius 3 is 2.04 bits per heavy atom. The van der Waals surface area contributed by atoms with E-state index in [1.165, 1.54) is 16.4 Å². The Kier molecular flexibility index (Phi) is 6.11. The molecule has 2 aromatic carbocycles. The van der Waals surface area contributed by atoms with Crippen LogP contribution >= 0.6 is 0 Å². The van der Waals surface area contributed by atoms with Gasteiger partial charge in [-0.3, -0.25) is 10.1 Å². The summed E-state index contributed by atoms with van der Waals surface area (Å²) in [6, 6.07) is 12.9. The van der Waals surface area contributed by atoms with Gasteiger partial charge in [0.25, 0.3) is 5.69 Å². The number of anilines is 1. The van der Waals surface area contributed by atoms with E-state index >= 15 is 0 Å². The van der Waals surface area contributed by atoms with Gasteiger partial charge in [0.1, 0.15) is 0 Å². The van der Waals surface area contributed by atoms with Crippen LogP contribution in [0.5, 0.6) is 0 Å². The number of nitrogens with one attached hydrogen (secondary N) is 1. The van der Waals surface area contributed by atoms with Crippen molar-refractivity contribution in [2.75, 3.05) is 18.4 Å². The predicted octanol–water partition coefficient (Wildman–Crippen LogP) is 3.24. The van der Waals surface area contributed by atoms with E-state index in [2.05, 4.69) is 5.32 Å². The van der Waals surface area contributed by atoms with E-state index in [0.717, 1.165) is 11.3 Å². The van der Waals surface area contributed by atoms with Crippen molar-refractivity contribution in [2.24, 2.45) is 0 Å². The molecule has 0 heterocycles. The van der Waals surface area contributed by atoms with Crippen molar-refractivity contribution in [1.29, 1.82) is 0 Å². The Morgan fingerprint density at radius 1 is 1.00 bits per heavy atom. The normalized spacial score (nSPS) is 11.5. The number of hydrogen-bond acceptors (Lipinski definition) is 5. The molecule has 0 aliphatic carbocycles. The molecule has 2 aromatic rings. The first-order chi connectivity index (χ1) is 11.9. The minimum atomic E-state index is -3.45. The first-order valence-corrected chi connectivity index (χ1v) is 9.40. The molecule has 0 unspecified atom stereocenters. The summed E-state index contributed by atoms with van der Waals surface area (Å²) < 4.78 is 26.3. The second kappa shape index (κ2) is 8.09. The van der Waals surface area contributed by atoms with Crippen molar-refractivity contribution in [1.82, 2.24) is 4.31 Å². The van der Waals surface area contributed by atoms with Gasteiger partial charge in [-0.05, 0) is 29.8 Å². The number of hydrogen-bond donors (Lipinski definition) is 1. The van der Waals surface area contributed by atoms with Crippen LogP contribution in [0.3, 0.4) is 0 Å². The maximum absolute atomic E-state index is 12.4. The molecule has 0 saturated carbocycles. The van der Waals surface area contributed by atoms with E-state index in [0.29, 0.717) is 19.6 Å². The molecular weight excluding hydrogens is 342 g/mol. The molecule has 0 bridgehead atoms. The zero-order valence-corrected chi connectivity index (χ0v) is 15.0. The molecule has 0 radical (unpaired) electrons. The topological polar surface area (TPSA) is 92.6 Å². The van der Waals surface area contributed by atoms with Gasteiger partial charge in [-0.25, -0.2) is 8.42 Å². The lowest BCUT2D eigenvalue weighted by Crippen LogP contribution is -2.30. The van der Waals surface area contributed by atoms with Gasteiger partial charge in [-0.2, -0.15) is 4.31 Å². The standard InChI is InChI=1S/C17H21N3O4S/c1-3-19(4-2)25(23,24)17-11-5-14(6-12-17)13-18-15-7-9-16(10-8-15)20(21)22/h5-12,18H,3-4,13H2,1-2H3. The monoisotopic (exact) mass is 363 g/mol. The summed E-state index contributed by atoms with van der Waals surface area (Å²) in [5, 5.41) is 13.8. The minimum absolute atomic E-state index is 0.0384. The molecule has 8 heteroatoms. The van der Waals surface area contributed by atoms with Gasteiger partial charge < -0.3 is 5.32 Å². The second-order valence-corrected chi connectivity index (χ2v) is 7.33. The molecule has 0 spiro atoms. The second-order valence-electron chi connectivity index (χ2n) is 5.39. The smallest absolute Gasteiger partial charge is 0.269 e. The van der Waals surface area contributed by atoms with E-state index in [1.807, 2.05) is 13.8 Å². The zero-order chi connectivity index (χ0) is 18.4. The fourth-order valence-electron chi connectivity index (χ4n) is 2.40. The molecule has 25 heavy (non-hydrogen) atoms. The molecule has 0 saturated heterocycles. The first kappa shape index (κ1) is 18.9. The molecular formula is C17H21N3O4S. The van der Waals surface area contributed by atoms with Gasteiger partial charge in [-0.15, -0.1) is 0 Å². The minimum Gasteiger partial charge on any atom is -0.381 e. The van der Waals surface area contributed by atoms with Crippen LogP contribution in [0.1, 0.15) is 19.4 Å². The molecule has 0 amide bonds. The van der Waals surface area contributed by atoms with Gasteiger partial charge in [-0.1, -0.05) is 26.0 Å². The highest BCUT2D eigenvalue weighted by molar-refractivity contribution is 7.89. The van der Waals surface area contributed by atoms with Gasteiger partial charge in [0, 0.05) is 37.5 Å². The fourth-order valence-corrected chi connectivity index (χ4v) is 3.85. The number of rotatable bonds is 8. The Balaban J connectivity index is 2.04. The van der Waals surface area contributed by atoms with Crippen molar-refractivity contribution in [3.05, 3.63) is 64.2 Å². The van der Waals surface area contributed by atoms with E-state index in [9.17, 15) is 18.5 Å². The van der Waals surface area contributed by atoms with Crippen molar-refractivity contribution in [3.63, 3.8) is 0 Å². The third kappa shape index (κ3) is 4.55. The van der Waals surface area contributed by atoms with Crippen molar-refractivity contribution >= 4 is 21.4 Å². The average Bonchev–Trinajstić information content (AvgIpc) is 2.61. The molecule has 0 atom stereocenters. The number of sulfonamides is 1. The zero-order valence-electron chi connectivity index (χ0n) is 14.2. The average molecular weight is 363 g/mol. The van der Waals surface area contributed by atoms with Crippen LogP contribution in [0.25, 0.3) is 0 Å². The summed E-state index contributed by atoms with van der Waals surface area (Å²) >= 11 is 0. The highest BCUT2D eigenvalue weighted by Gasteiger charge is 2.21. The van der Waals surface area contributed by atoms with E-state index in [-0.39, 0.29) is 10.6 Å². The van der Waals surface area contributed by atoms with Gasteiger partial charge in [0.2, 0.25) is 10.0 Å². The SMILES string of the molecule is CCN(CC)S(=O)(=O)c1ccc(CNc2ccc([N+](=O)[O-])cc2)cc1. The van der Waals surface area contributed by atoms with E-state index in [1.54, 1.807) is 36.4 Å². The summed E-state index contributed by atoms with van der Waals surface area (Å²) in [5.41, 5.74) is 1.71. The molecule has 0 aliphatic heterocycles. The quantitative estimate of drug-likeness (QED) is 0.574. The third-order valence-electron chi connectivity index (χ3n) is 3.84. The van der Waals surface area contributed by atoms with Crippen molar-refractivity contribution in [3.8, 4) is 0 Å². The summed E-state index contributed by atoms with van der Waals surface area (Å²) in [6.45, 7) is 4.97. The van der Waals surface area contributed by atoms with Crippen molar-refractivity contribution in [2.45, 2.75) is 25.3 Å². The number of benzene rings is 2. The Bertz CT molecular complexity index is 814. The van der Waals surface area contributed by atoms with Crippen LogP contribution in [0.15, 0.2) is 53.4 Å². The first-order valence-electron chi connectivity index (χ1n) is 7.96. The number of nitro benzene ring substituents is 1. The predicted molar refractivity (Wildman–Crippen MR) is 97.0 cm³/mol. The Morgan fingerprint density at radius 2 is 1.56 bits per heavy atom. The van der Waals surface area contributed by atoms with Crippen LogP contribution in [0, 0.1) is 10.1 Å².